The van der Waals surface area contributed by atoms with Gasteiger partial charge < -0.3 is 5.11 Å². The van der Waals surface area contributed by atoms with Crippen LogP contribution < -0.4 is 0 Å². The quantitative estimate of drug-likeness (QED) is 0.909. The first-order chi connectivity index (χ1) is 8.88. The molecule has 2 heterocycles. The molecular formula is C12H7F3N2O2. The second kappa shape index (κ2) is 4.68. The van der Waals surface area contributed by atoms with Crippen molar-refractivity contribution in [2.24, 2.45) is 0 Å². The fourth-order valence-electron chi connectivity index (χ4n) is 1.45. The molecule has 1 N–H and O–H groups in total. The van der Waals surface area contributed by atoms with Crippen LogP contribution in [0.25, 0.3) is 11.1 Å². The normalized spacial score (nSPS) is 11.3. The minimum absolute atomic E-state index is 0.0441. The minimum Gasteiger partial charge on any atom is -0.478 e. The van der Waals surface area contributed by atoms with Crippen LogP contribution in [0.3, 0.4) is 0 Å². The third kappa shape index (κ3) is 2.87. The van der Waals surface area contributed by atoms with Crippen molar-refractivity contribution in [1.82, 2.24) is 9.97 Å². The fourth-order valence-corrected chi connectivity index (χ4v) is 1.45. The highest BCUT2D eigenvalue weighted by molar-refractivity contribution is 5.88. The molecule has 98 valence electrons. The monoisotopic (exact) mass is 268 g/mol. The van der Waals surface area contributed by atoms with E-state index in [-0.39, 0.29) is 5.56 Å². The van der Waals surface area contributed by atoms with Gasteiger partial charge in [0.15, 0.2) is 0 Å². The number of hydrogen-bond acceptors (Lipinski definition) is 3. The molecule has 4 nitrogen and oxygen atoms in total. The fraction of sp³-hybridized carbons (Fsp3) is 0.0833. The van der Waals surface area contributed by atoms with E-state index in [2.05, 4.69) is 9.97 Å². The zero-order valence-electron chi connectivity index (χ0n) is 9.35. The summed E-state index contributed by atoms with van der Waals surface area (Å²) in [6, 6.07) is 3.38. The lowest BCUT2D eigenvalue weighted by atomic mass is 10.1. The lowest BCUT2D eigenvalue weighted by Gasteiger charge is -2.06. The van der Waals surface area contributed by atoms with E-state index in [1.54, 1.807) is 0 Å². The molecule has 2 aromatic heterocycles. The number of aromatic carboxylic acids is 1. The van der Waals surface area contributed by atoms with E-state index in [0.29, 0.717) is 11.1 Å². The summed E-state index contributed by atoms with van der Waals surface area (Å²) in [5.41, 5.74) is -0.291. The number of hydrogen-bond donors (Lipinski definition) is 1. The molecule has 0 saturated carbocycles. The smallest absolute Gasteiger partial charge is 0.433 e. The van der Waals surface area contributed by atoms with Crippen molar-refractivity contribution < 1.29 is 23.1 Å². The molecule has 2 rings (SSSR count). The van der Waals surface area contributed by atoms with E-state index in [4.69, 9.17) is 5.11 Å². The van der Waals surface area contributed by atoms with Crippen LogP contribution in [0.15, 0.2) is 36.8 Å². The Hall–Kier alpha value is -2.44. The van der Waals surface area contributed by atoms with E-state index < -0.39 is 17.8 Å². The molecule has 0 unspecified atom stereocenters. The molecule has 0 atom stereocenters. The van der Waals surface area contributed by atoms with E-state index in [9.17, 15) is 18.0 Å². The molecule has 0 aromatic carbocycles. The van der Waals surface area contributed by atoms with Gasteiger partial charge >= 0.3 is 12.1 Å². The summed E-state index contributed by atoms with van der Waals surface area (Å²) in [6.07, 6.45) is -0.953. The van der Waals surface area contributed by atoms with Gasteiger partial charge in [0.2, 0.25) is 0 Å². The van der Waals surface area contributed by atoms with Crippen LogP contribution in [-0.4, -0.2) is 21.0 Å². The maximum Gasteiger partial charge on any atom is 0.433 e. The summed E-state index contributed by atoms with van der Waals surface area (Å²) in [5.74, 6) is -1.16. The van der Waals surface area contributed by atoms with Crippen LogP contribution in [0.1, 0.15) is 16.1 Å². The molecule has 0 bridgehead atoms. The molecule has 2 aromatic rings. The standard InChI is InChI=1S/C12H7F3N2O2/c13-12(14,15)10-2-1-7(6-17-10)8-3-9(11(18)19)5-16-4-8/h1-6H,(H,18,19). The first-order valence-electron chi connectivity index (χ1n) is 5.10. The summed E-state index contributed by atoms with van der Waals surface area (Å²) >= 11 is 0. The van der Waals surface area contributed by atoms with Crippen LogP contribution >= 0.6 is 0 Å². The third-order valence-electron chi connectivity index (χ3n) is 2.37. The molecule has 0 radical (unpaired) electrons. The van der Waals surface area contributed by atoms with Crippen molar-refractivity contribution in [3.05, 3.63) is 48.0 Å². The summed E-state index contributed by atoms with van der Waals surface area (Å²) in [7, 11) is 0. The topological polar surface area (TPSA) is 63.1 Å². The van der Waals surface area contributed by atoms with E-state index in [1.165, 1.54) is 18.3 Å². The SMILES string of the molecule is O=C(O)c1cncc(-c2ccc(C(F)(F)F)nc2)c1. The third-order valence-corrected chi connectivity index (χ3v) is 2.37. The molecule has 19 heavy (non-hydrogen) atoms. The molecule has 0 saturated heterocycles. The Bertz CT molecular complexity index is 609. The van der Waals surface area contributed by atoms with Gasteiger partial charge in [-0.1, -0.05) is 6.07 Å². The Kier molecular flexibility index (Phi) is 3.20. The Morgan fingerprint density at radius 3 is 2.37 bits per heavy atom. The van der Waals surface area contributed by atoms with Gasteiger partial charge in [-0.15, -0.1) is 0 Å². The Morgan fingerprint density at radius 2 is 1.84 bits per heavy atom. The molecule has 0 aliphatic heterocycles. The maximum absolute atomic E-state index is 12.3. The van der Waals surface area contributed by atoms with Gasteiger partial charge in [0.1, 0.15) is 5.69 Å². The molecule has 0 aliphatic carbocycles. The van der Waals surface area contributed by atoms with Crippen LogP contribution in [0.4, 0.5) is 13.2 Å². The van der Waals surface area contributed by atoms with E-state index in [1.807, 2.05) is 0 Å². The summed E-state index contributed by atoms with van der Waals surface area (Å²) in [5, 5.41) is 8.80. The van der Waals surface area contributed by atoms with Crippen molar-refractivity contribution in [1.29, 1.82) is 0 Å². The predicted octanol–water partition coefficient (Wildman–Crippen LogP) is 2.86. The number of carbonyl (C=O) groups is 1. The summed E-state index contributed by atoms with van der Waals surface area (Å²) in [6.45, 7) is 0. The lowest BCUT2D eigenvalue weighted by Crippen LogP contribution is -2.07. The lowest BCUT2D eigenvalue weighted by molar-refractivity contribution is -0.141. The number of carboxylic acids is 1. The van der Waals surface area contributed by atoms with E-state index in [0.717, 1.165) is 18.5 Å². The average molecular weight is 268 g/mol. The molecule has 7 heteroatoms. The maximum atomic E-state index is 12.3. The summed E-state index contributed by atoms with van der Waals surface area (Å²) in [4.78, 5) is 17.8. The molecule has 0 spiro atoms. The largest absolute Gasteiger partial charge is 0.478 e. The Balaban J connectivity index is 2.37. The van der Waals surface area contributed by atoms with Gasteiger partial charge in [-0.3, -0.25) is 9.97 Å². The molecule has 0 fully saturated rings. The van der Waals surface area contributed by atoms with Gasteiger partial charge in [-0.2, -0.15) is 13.2 Å². The van der Waals surface area contributed by atoms with Gasteiger partial charge in [0, 0.05) is 29.7 Å². The molecule has 0 amide bonds. The molecule has 0 aliphatic rings. The number of carboxylic acid groups (broad SMARTS) is 1. The Labute approximate surface area is 105 Å². The van der Waals surface area contributed by atoms with Crippen LogP contribution in [0, 0.1) is 0 Å². The van der Waals surface area contributed by atoms with Crippen molar-refractivity contribution in [3.63, 3.8) is 0 Å². The number of aromatic nitrogens is 2. The minimum atomic E-state index is -4.50. The van der Waals surface area contributed by atoms with Crippen LogP contribution in [0.5, 0.6) is 0 Å². The highest BCUT2D eigenvalue weighted by atomic mass is 19.4. The first-order valence-corrected chi connectivity index (χ1v) is 5.10. The summed E-state index contributed by atoms with van der Waals surface area (Å²) < 4.78 is 37.0. The van der Waals surface area contributed by atoms with Crippen LogP contribution in [-0.2, 0) is 6.18 Å². The Morgan fingerprint density at radius 1 is 1.11 bits per heavy atom. The van der Waals surface area contributed by atoms with Gasteiger partial charge in [0.05, 0.1) is 5.56 Å². The average Bonchev–Trinajstić information content (AvgIpc) is 2.38. The van der Waals surface area contributed by atoms with Gasteiger partial charge in [-0.05, 0) is 12.1 Å². The zero-order valence-corrected chi connectivity index (χ0v) is 9.35. The number of pyridine rings is 2. The van der Waals surface area contributed by atoms with Gasteiger partial charge in [0.25, 0.3) is 0 Å². The number of rotatable bonds is 2. The number of halogens is 3. The van der Waals surface area contributed by atoms with Gasteiger partial charge in [-0.25, -0.2) is 4.79 Å². The molecular weight excluding hydrogens is 261 g/mol. The number of nitrogens with zero attached hydrogens (tertiary/aromatic N) is 2. The van der Waals surface area contributed by atoms with Crippen molar-refractivity contribution >= 4 is 5.97 Å². The van der Waals surface area contributed by atoms with Crippen molar-refractivity contribution in [2.75, 3.05) is 0 Å². The highest BCUT2D eigenvalue weighted by Gasteiger charge is 2.32. The van der Waals surface area contributed by atoms with E-state index >= 15 is 0 Å². The predicted molar refractivity (Wildman–Crippen MR) is 59.4 cm³/mol. The van der Waals surface area contributed by atoms with Crippen molar-refractivity contribution in [2.45, 2.75) is 6.18 Å². The second-order valence-electron chi connectivity index (χ2n) is 3.70. The highest BCUT2D eigenvalue weighted by Crippen LogP contribution is 2.28. The van der Waals surface area contributed by atoms with Crippen LogP contribution in [0.2, 0.25) is 0 Å². The second-order valence-corrected chi connectivity index (χ2v) is 3.70. The van der Waals surface area contributed by atoms with Crippen molar-refractivity contribution in [3.8, 4) is 11.1 Å². The first kappa shape index (κ1) is 13.0. The number of alkyl halides is 3. The zero-order chi connectivity index (χ0) is 14.0.